The molecule has 2 heterocycles. The zero-order valence-corrected chi connectivity index (χ0v) is 13.8. The Bertz CT molecular complexity index is 949. The number of nitrogens with zero attached hydrogens (tertiary/aromatic N) is 3. The lowest BCUT2D eigenvalue weighted by molar-refractivity contribution is 0.609. The van der Waals surface area contributed by atoms with Gasteiger partial charge >= 0.3 is 0 Å². The largest absolute Gasteiger partial charge is 0.265 e. The molecule has 1 N–H and O–H groups in total. The third-order valence-electron chi connectivity index (χ3n) is 3.22. The molecule has 24 heavy (non-hydrogen) atoms. The van der Waals surface area contributed by atoms with Crippen LogP contribution >= 0.6 is 0 Å². The van der Waals surface area contributed by atoms with Gasteiger partial charge in [0.15, 0.2) is 0 Å². The van der Waals surface area contributed by atoms with Crippen LogP contribution in [0.15, 0.2) is 66.3 Å². The summed E-state index contributed by atoms with van der Waals surface area (Å²) in [6, 6.07) is 14.4. The molecule has 122 valence electrons. The summed E-state index contributed by atoms with van der Waals surface area (Å²) in [5.41, 5.74) is 2.24. The van der Waals surface area contributed by atoms with E-state index in [1.807, 2.05) is 30.3 Å². The number of aromatic nitrogens is 3. The first-order chi connectivity index (χ1) is 11.5. The van der Waals surface area contributed by atoms with Crippen molar-refractivity contribution in [3.63, 3.8) is 0 Å². The maximum atomic E-state index is 12.3. The van der Waals surface area contributed by atoms with E-state index >= 15 is 0 Å². The summed E-state index contributed by atoms with van der Waals surface area (Å²) in [4.78, 5) is 3.95. The molecule has 6 nitrogen and oxygen atoms in total. The molecule has 0 saturated heterocycles. The van der Waals surface area contributed by atoms with E-state index in [1.54, 1.807) is 43.6 Å². The minimum Gasteiger partial charge on any atom is -0.265 e. The number of hydrogen-bond acceptors (Lipinski definition) is 4. The number of sulfonamides is 1. The van der Waals surface area contributed by atoms with Gasteiger partial charge in [-0.25, -0.2) is 13.1 Å². The lowest BCUT2D eigenvalue weighted by Crippen LogP contribution is -2.13. The molecule has 0 spiro atoms. The van der Waals surface area contributed by atoms with Gasteiger partial charge in [-0.2, -0.15) is 5.10 Å². The van der Waals surface area contributed by atoms with E-state index in [4.69, 9.17) is 0 Å². The first kappa shape index (κ1) is 15.9. The quantitative estimate of drug-likeness (QED) is 0.774. The highest BCUT2D eigenvalue weighted by molar-refractivity contribution is 7.95. The van der Waals surface area contributed by atoms with Gasteiger partial charge in [-0.15, -0.1) is 0 Å². The van der Waals surface area contributed by atoms with Crippen molar-refractivity contribution >= 4 is 21.9 Å². The number of anilines is 1. The van der Waals surface area contributed by atoms with Crippen molar-refractivity contribution in [1.82, 2.24) is 14.8 Å². The molecule has 0 amide bonds. The molecular formula is C17H16N4O2S. The van der Waals surface area contributed by atoms with Gasteiger partial charge in [0, 0.05) is 18.5 Å². The predicted molar refractivity (Wildman–Crippen MR) is 94.1 cm³/mol. The number of pyridine rings is 1. The highest BCUT2D eigenvalue weighted by Crippen LogP contribution is 2.18. The van der Waals surface area contributed by atoms with Gasteiger partial charge in [-0.3, -0.25) is 9.71 Å². The molecule has 0 saturated carbocycles. The third-order valence-corrected chi connectivity index (χ3v) is 4.21. The Hall–Kier alpha value is -2.93. The lowest BCUT2D eigenvalue weighted by atomic mass is 10.2. The summed E-state index contributed by atoms with van der Waals surface area (Å²) in [5.74, 6) is 0.372. The average Bonchev–Trinajstić information content (AvgIpc) is 2.94. The van der Waals surface area contributed by atoms with Gasteiger partial charge in [0.05, 0.1) is 16.8 Å². The third kappa shape index (κ3) is 3.88. The van der Waals surface area contributed by atoms with Crippen molar-refractivity contribution < 1.29 is 8.42 Å². The SMILES string of the molecule is Cc1cc(NS(=O)(=O)/C=C\c2ccccc2)n(-c2ccncc2)n1. The minimum absolute atomic E-state index is 0.372. The number of hydrogen-bond donors (Lipinski definition) is 1. The summed E-state index contributed by atoms with van der Waals surface area (Å²) >= 11 is 0. The second kappa shape index (κ2) is 6.67. The highest BCUT2D eigenvalue weighted by Gasteiger charge is 2.13. The molecule has 0 radical (unpaired) electrons. The Kier molecular flexibility index (Phi) is 4.43. The molecular weight excluding hydrogens is 324 g/mol. The Morgan fingerprint density at radius 2 is 1.79 bits per heavy atom. The monoisotopic (exact) mass is 340 g/mol. The van der Waals surface area contributed by atoms with Gasteiger partial charge < -0.3 is 0 Å². The van der Waals surface area contributed by atoms with Gasteiger partial charge in [0.1, 0.15) is 5.82 Å². The predicted octanol–water partition coefficient (Wildman–Crippen LogP) is 2.99. The molecule has 1 aromatic carbocycles. The molecule has 0 unspecified atom stereocenters. The summed E-state index contributed by atoms with van der Waals surface area (Å²) in [6.07, 6.45) is 4.79. The van der Waals surface area contributed by atoms with Crippen molar-refractivity contribution in [3.05, 3.63) is 77.6 Å². The van der Waals surface area contributed by atoms with E-state index in [2.05, 4.69) is 14.8 Å². The smallest absolute Gasteiger partial charge is 0.256 e. The number of aryl methyl sites for hydroxylation is 1. The summed E-state index contributed by atoms with van der Waals surface area (Å²) in [6.45, 7) is 1.80. The number of nitrogens with one attached hydrogen (secondary N) is 1. The highest BCUT2D eigenvalue weighted by atomic mass is 32.2. The van der Waals surface area contributed by atoms with Crippen LogP contribution in [0.4, 0.5) is 5.82 Å². The molecule has 0 atom stereocenters. The van der Waals surface area contributed by atoms with Crippen LogP contribution in [0.3, 0.4) is 0 Å². The van der Waals surface area contributed by atoms with Crippen LogP contribution in [0.2, 0.25) is 0 Å². The van der Waals surface area contributed by atoms with E-state index < -0.39 is 10.0 Å². The van der Waals surface area contributed by atoms with Crippen LogP contribution < -0.4 is 4.72 Å². The lowest BCUT2D eigenvalue weighted by Gasteiger charge is -2.08. The summed E-state index contributed by atoms with van der Waals surface area (Å²) in [5, 5.41) is 5.46. The summed E-state index contributed by atoms with van der Waals surface area (Å²) < 4.78 is 28.7. The molecule has 0 bridgehead atoms. The zero-order chi connectivity index (χ0) is 17.0. The second-order valence-corrected chi connectivity index (χ2v) is 6.71. The molecule has 3 aromatic rings. The van der Waals surface area contributed by atoms with Crippen molar-refractivity contribution in [3.8, 4) is 5.69 Å². The van der Waals surface area contributed by atoms with E-state index in [-0.39, 0.29) is 0 Å². The van der Waals surface area contributed by atoms with Gasteiger partial charge in [0.2, 0.25) is 0 Å². The van der Waals surface area contributed by atoms with Crippen molar-refractivity contribution in [2.24, 2.45) is 0 Å². The fraction of sp³-hybridized carbons (Fsp3) is 0.0588. The summed E-state index contributed by atoms with van der Waals surface area (Å²) in [7, 11) is -3.66. The molecule has 0 aliphatic heterocycles. The number of benzene rings is 1. The average molecular weight is 340 g/mol. The van der Waals surface area contributed by atoms with E-state index in [9.17, 15) is 8.42 Å². The normalized spacial score (nSPS) is 11.7. The van der Waals surface area contributed by atoms with Crippen LogP contribution in [0.1, 0.15) is 11.3 Å². The van der Waals surface area contributed by atoms with E-state index in [1.165, 1.54) is 4.68 Å². The van der Waals surface area contributed by atoms with E-state index in [0.717, 1.165) is 16.7 Å². The van der Waals surface area contributed by atoms with Crippen LogP contribution in [0.25, 0.3) is 11.8 Å². The van der Waals surface area contributed by atoms with Crippen LogP contribution in [-0.4, -0.2) is 23.2 Å². The molecule has 0 aliphatic carbocycles. The van der Waals surface area contributed by atoms with Crippen LogP contribution in [0, 0.1) is 6.92 Å². The molecule has 3 rings (SSSR count). The number of rotatable bonds is 5. The topological polar surface area (TPSA) is 76.9 Å². The first-order valence-corrected chi connectivity index (χ1v) is 8.81. The standard InChI is InChI=1S/C17H16N4O2S/c1-14-13-17(21(19-14)16-7-10-18-11-8-16)20-24(22,23)12-9-15-5-3-2-4-6-15/h2-13,20H,1H3/b12-9-. The van der Waals surface area contributed by atoms with Crippen molar-refractivity contribution in [1.29, 1.82) is 0 Å². The van der Waals surface area contributed by atoms with Crippen LogP contribution in [-0.2, 0) is 10.0 Å². The second-order valence-electron chi connectivity index (χ2n) is 5.15. The van der Waals surface area contributed by atoms with Gasteiger partial charge in [0.25, 0.3) is 10.0 Å². The molecule has 7 heteroatoms. The Morgan fingerprint density at radius 1 is 1.08 bits per heavy atom. The maximum absolute atomic E-state index is 12.3. The van der Waals surface area contributed by atoms with Crippen molar-refractivity contribution in [2.45, 2.75) is 6.92 Å². The van der Waals surface area contributed by atoms with Gasteiger partial charge in [-0.05, 0) is 30.7 Å². The molecule has 0 fully saturated rings. The Labute approximate surface area is 140 Å². The first-order valence-electron chi connectivity index (χ1n) is 7.26. The zero-order valence-electron chi connectivity index (χ0n) is 13.0. The fourth-order valence-electron chi connectivity index (χ4n) is 2.17. The fourth-order valence-corrected chi connectivity index (χ4v) is 3.01. The van der Waals surface area contributed by atoms with Crippen molar-refractivity contribution in [2.75, 3.05) is 4.72 Å². The Morgan fingerprint density at radius 3 is 2.50 bits per heavy atom. The van der Waals surface area contributed by atoms with Gasteiger partial charge in [-0.1, -0.05) is 30.3 Å². The minimum atomic E-state index is -3.66. The molecule has 0 aliphatic rings. The Balaban J connectivity index is 1.87. The van der Waals surface area contributed by atoms with Crippen LogP contribution in [0.5, 0.6) is 0 Å². The maximum Gasteiger partial charge on any atom is 0.256 e. The van der Waals surface area contributed by atoms with E-state index in [0.29, 0.717) is 11.5 Å². The molecule has 2 aromatic heterocycles.